The Balaban J connectivity index is 2.23. The van der Waals surface area contributed by atoms with Gasteiger partial charge in [0, 0.05) is 16.6 Å². The van der Waals surface area contributed by atoms with Crippen molar-refractivity contribution in [3.05, 3.63) is 45.8 Å². The molecule has 2 aromatic rings. The molecule has 0 aliphatic heterocycles. The van der Waals surface area contributed by atoms with Crippen molar-refractivity contribution in [3.63, 3.8) is 0 Å². The van der Waals surface area contributed by atoms with Crippen molar-refractivity contribution in [1.82, 2.24) is 9.88 Å². The van der Waals surface area contributed by atoms with Gasteiger partial charge in [-0.1, -0.05) is 11.2 Å². The first-order valence-corrected chi connectivity index (χ1v) is 7.83. The number of aryl methyl sites for hydroxylation is 2. The van der Waals surface area contributed by atoms with Crippen molar-refractivity contribution >= 4 is 26.0 Å². The molecule has 1 heterocycles. The monoisotopic (exact) mass is 344 g/mol. The maximum Gasteiger partial charge on any atom is 0.242 e. The summed E-state index contributed by atoms with van der Waals surface area (Å²) in [5, 5.41) is 3.70. The third-order valence-corrected chi connectivity index (χ3v) is 5.07. The van der Waals surface area contributed by atoms with Crippen LogP contribution in [0.3, 0.4) is 0 Å². The third-order valence-electron chi connectivity index (χ3n) is 2.68. The van der Waals surface area contributed by atoms with Crippen LogP contribution in [-0.2, 0) is 16.6 Å². The fraction of sp³-hybridized carbons (Fsp3) is 0.250. The molecule has 0 saturated carbocycles. The molecule has 0 unspecified atom stereocenters. The average Bonchev–Trinajstić information content (AvgIpc) is 2.75. The van der Waals surface area contributed by atoms with E-state index < -0.39 is 10.0 Å². The van der Waals surface area contributed by atoms with Gasteiger partial charge in [-0.15, -0.1) is 0 Å². The van der Waals surface area contributed by atoms with Gasteiger partial charge < -0.3 is 4.52 Å². The van der Waals surface area contributed by atoms with Gasteiger partial charge in [-0.2, -0.15) is 0 Å². The van der Waals surface area contributed by atoms with Crippen LogP contribution < -0.4 is 4.72 Å². The summed E-state index contributed by atoms with van der Waals surface area (Å²) >= 11 is 3.25. The van der Waals surface area contributed by atoms with Crippen molar-refractivity contribution in [3.8, 4) is 0 Å². The molecule has 102 valence electrons. The summed E-state index contributed by atoms with van der Waals surface area (Å²) in [6, 6.07) is 5.18. The predicted octanol–water partition coefficient (Wildman–Crippen LogP) is 2.53. The topological polar surface area (TPSA) is 72.2 Å². The Labute approximate surface area is 120 Å². The molecule has 0 radical (unpaired) electrons. The highest BCUT2D eigenvalue weighted by molar-refractivity contribution is 9.10. The van der Waals surface area contributed by atoms with Crippen LogP contribution in [0, 0.1) is 13.8 Å². The molecule has 7 heteroatoms. The zero-order valence-corrected chi connectivity index (χ0v) is 12.9. The first-order chi connectivity index (χ1) is 8.90. The van der Waals surface area contributed by atoms with Crippen LogP contribution in [0.1, 0.15) is 16.8 Å². The molecular weight excluding hydrogens is 332 g/mol. The number of hydrogen-bond acceptors (Lipinski definition) is 4. The van der Waals surface area contributed by atoms with Gasteiger partial charge in [0.1, 0.15) is 6.26 Å². The zero-order chi connectivity index (χ0) is 14.0. The van der Waals surface area contributed by atoms with E-state index in [0.717, 1.165) is 5.56 Å². The van der Waals surface area contributed by atoms with Crippen molar-refractivity contribution in [2.75, 3.05) is 0 Å². The zero-order valence-electron chi connectivity index (χ0n) is 10.5. The quantitative estimate of drug-likeness (QED) is 0.924. The van der Waals surface area contributed by atoms with Crippen molar-refractivity contribution < 1.29 is 12.9 Å². The highest BCUT2D eigenvalue weighted by Crippen LogP contribution is 2.23. The fourth-order valence-electron chi connectivity index (χ4n) is 1.55. The van der Waals surface area contributed by atoms with E-state index in [1.807, 2.05) is 13.0 Å². The average molecular weight is 345 g/mol. The van der Waals surface area contributed by atoms with Crippen LogP contribution >= 0.6 is 15.9 Å². The molecule has 0 spiro atoms. The SMILES string of the molecule is Cc1ccc(Br)c(S(=O)(=O)NCc2conc2C)c1. The second-order valence-electron chi connectivity index (χ2n) is 4.18. The smallest absolute Gasteiger partial charge is 0.242 e. The number of halogens is 1. The minimum atomic E-state index is -3.57. The Bertz CT molecular complexity index is 695. The molecule has 0 atom stereocenters. The maximum absolute atomic E-state index is 12.2. The molecule has 0 amide bonds. The molecule has 0 saturated heterocycles. The molecule has 2 rings (SSSR count). The summed E-state index contributed by atoms with van der Waals surface area (Å²) < 4.78 is 32.3. The van der Waals surface area contributed by atoms with Gasteiger partial charge in [0.15, 0.2) is 0 Å². The van der Waals surface area contributed by atoms with Crippen LogP contribution in [0.4, 0.5) is 0 Å². The minimum absolute atomic E-state index is 0.151. The van der Waals surface area contributed by atoms with Gasteiger partial charge in [0.05, 0.1) is 10.6 Å². The van der Waals surface area contributed by atoms with Crippen LogP contribution in [0.25, 0.3) is 0 Å². The first kappa shape index (κ1) is 14.2. The second-order valence-corrected chi connectivity index (χ2v) is 6.77. The lowest BCUT2D eigenvalue weighted by Gasteiger charge is -2.08. The van der Waals surface area contributed by atoms with Crippen molar-refractivity contribution in [1.29, 1.82) is 0 Å². The van der Waals surface area contributed by atoms with Crippen molar-refractivity contribution in [2.45, 2.75) is 25.3 Å². The molecule has 0 bridgehead atoms. The third kappa shape index (κ3) is 3.23. The van der Waals surface area contributed by atoms with Crippen LogP contribution in [0.2, 0.25) is 0 Å². The van der Waals surface area contributed by atoms with E-state index in [1.165, 1.54) is 6.26 Å². The normalized spacial score (nSPS) is 11.7. The molecule has 0 aliphatic rings. The number of benzene rings is 1. The Morgan fingerprint density at radius 3 is 2.74 bits per heavy atom. The highest BCUT2D eigenvalue weighted by Gasteiger charge is 2.18. The Morgan fingerprint density at radius 2 is 2.11 bits per heavy atom. The van der Waals surface area contributed by atoms with E-state index in [2.05, 4.69) is 25.8 Å². The summed E-state index contributed by atoms with van der Waals surface area (Å²) in [5.41, 5.74) is 2.27. The second kappa shape index (κ2) is 5.44. The molecule has 0 fully saturated rings. The van der Waals surface area contributed by atoms with Gasteiger partial charge in [-0.3, -0.25) is 0 Å². The maximum atomic E-state index is 12.2. The highest BCUT2D eigenvalue weighted by atomic mass is 79.9. The Morgan fingerprint density at radius 1 is 1.37 bits per heavy atom. The van der Waals surface area contributed by atoms with Gasteiger partial charge in [-0.05, 0) is 47.5 Å². The largest absolute Gasteiger partial charge is 0.364 e. The van der Waals surface area contributed by atoms with E-state index in [1.54, 1.807) is 19.1 Å². The molecule has 1 N–H and O–H groups in total. The number of nitrogens with one attached hydrogen (secondary N) is 1. The molecule has 1 aromatic carbocycles. The molecule has 5 nitrogen and oxygen atoms in total. The van der Waals surface area contributed by atoms with Crippen molar-refractivity contribution in [2.24, 2.45) is 0 Å². The summed E-state index contributed by atoms with van der Waals surface area (Å²) in [5.74, 6) is 0. The minimum Gasteiger partial charge on any atom is -0.364 e. The standard InChI is InChI=1S/C12H13BrN2O3S/c1-8-3-4-11(13)12(5-8)19(16,17)14-6-10-7-18-15-9(10)2/h3-5,7,14H,6H2,1-2H3. The molecule has 1 aromatic heterocycles. The summed E-state index contributed by atoms with van der Waals surface area (Å²) in [7, 11) is -3.57. The predicted molar refractivity (Wildman–Crippen MR) is 74.1 cm³/mol. The number of nitrogens with zero attached hydrogens (tertiary/aromatic N) is 1. The van der Waals surface area contributed by atoms with Gasteiger partial charge >= 0.3 is 0 Å². The number of rotatable bonds is 4. The Kier molecular flexibility index (Phi) is 4.07. The molecule has 19 heavy (non-hydrogen) atoms. The van der Waals surface area contributed by atoms with Crippen LogP contribution in [0.5, 0.6) is 0 Å². The first-order valence-electron chi connectivity index (χ1n) is 5.56. The summed E-state index contributed by atoms with van der Waals surface area (Å²) in [4.78, 5) is 0.224. The lowest BCUT2D eigenvalue weighted by atomic mass is 10.2. The number of hydrogen-bond donors (Lipinski definition) is 1. The van der Waals surface area contributed by atoms with E-state index in [0.29, 0.717) is 15.7 Å². The van der Waals surface area contributed by atoms with Gasteiger partial charge in [0.2, 0.25) is 10.0 Å². The number of aromatic nitrogens is 1. The van der Waals surface area contributed by atoms with Crippen LogP contribution in [-0.4, -0.2) is 13.6 Å². The lowest BCUT2D eigenvalue weighted by molar-refractivity contribution is 0.414. The molecule has 0 aliphatic carbocycles. The van der Waals surface area contributed by atoms with Crippen LogP contribution in [0.15, 0.2) is 38.4 Å². The summed E-state index contributed by atoms with van der Waals surface area (Å²) in [6.45, 7) is 3.75. The lowest BCUT2D eigenvalue weighted by Crippen LogP contribution is -2.23. The molecular formula is C12H13BrN2O3S. The van der Waals surface area contributed by atoms with E-state index >= 15 is 0 Å². The van der Waals surface area contributed by atoms with E-state index in [9.17, 15) is 8.42 Å². The van der Waals surface area contributed by atoms with E-state index in [4.69, 9.17) is 4.52 Å². The Hall–Kier alpha value is -1.18. The van der Waals surface area contributed by atoms with Gasteiger partial charge in [-0.25, -0.2) is 13.1 Å². The van der Waals surface area contributed by atoms with E-state index in [-0.39, 0.29) is 11.4 Å². The number of sulfonamides is 1. The summed E-state index contributed by atoms with van der Waals surface area (Å²) in [6.07, 6.45) is 1.43. The fourth-order valence-corrected chi connectivity index (χ4v) is 3.60. The van der Waals surface area contributed by atoms with Gasteiger partial charge in [0.25, 0.3) is 0 Å².